The van der Waals surface area contributed by atoms with Crippen molar-refractivity contribution in [3.63, 3.8) is 0 Å². The molecule has 624 valence electrons. The zero-order valence-corrected chi connectivity index (χ0v) is 71.2. The van der Waals surface area contributed by atoms with E-state index in [0.717, 1.165) is 114 Å². The van der Waals surface area contributed by atoms with Crippen LogP contribution in [0.5, 0.6) is 0 Å². The van der Waals surface area contributed by atoms with Crippen LogP contribution < -0.4 is 0 Å². The molecule has 0 aliphatic rings. The molecular formula is C86H168O17P2. The standard InChI is InChI=1S/C86H168O17P2/c1-9-78(7)64-56-48-40-32-24-20-17-18-21-25-34-42-50-58-66-83(88)96-72-81(102-85(90)68-60-52-44-35-26-22-16-14-12-11-13-15-19-23-30-38-46-54-62-76(3)4)74-100-104(92,93)98-70-80(87)71-99-105(94,95)101-75-82(73-97-84(89)67-59-51-43-37-29-31-39-47-55-63-77(5)6)103-86(91)69-61-53-45-36-28-27-33-41-49-57-65-79(8)10-2/h76-82,87H,9-75H2,1-8H3,(H,92,93)(H,94,95)/t78?,79?,80-,81-,82-/m1/s1. The van der Waals surface area contributed by atoms with Gasteiger partial charge in [-0.15, -0.1) is 0 Å². The first-order chi connectivity index (χ1) is 50.7. The molecule has 0 amide bonds. The predicted molar refractivity (Wildman–Crippen MR) is 432 cm³/mol. The lowest BCUT2D eigenvalue weighted by Gasteiger charge is -2.21. The second-order valence-corrected chi connectivity index (χ2v) is 35.3. The van der Waals surface area contributed by atoms with Crippen LogP contribution in [-0.4, -0.2) is 96.7 Å². The third-order valence-electron chi connectivity index (χ3n) is 20.8. The van der Waals surface area contributed by atoms with Crippen LogP contribution in [-0.2, 0) is 65.4 Å². The number of esters is 4. The second kappa shape index (κ2) is 74.8. The van der Waals surface area contributed by atoms with Crippen LogP contribution in [0.2, 0.25) is 0 Å². The molecule has 0 rings (SSSR count). The van der Waals surface area contributed by atoms with Crippen LogP contribution in [0, 0.1) is 23.7 Å². The molecule has 0 saturated carbocycles. The van der Waals surface area contributed by atoms with Gasteiger partial charge in [-0.1, -0.05) is 396 Å². The summed E-state index contributed by atoms with van der Waals surface area (Å²) >= 11 is 0. The Hall–Kier alpha value is -1.94. The van der Waals surface area contributed by atoms with Crippen molar-refractivity contribution >= 4 is 39.5 Å². The van der Waals surface area contributed by atoms with Crippen LogP contribution in [0.1, 0.15) is 447 Å². The molecule has 17 nitrogen and oxygen atoms in total. The van der Waals surface area contributed by atoms with Gasteiger partial charge < -0.3 is 33.8 Å². The maximum atomic E-state index is 13.2. The number of rotatable bonds is 83. The largest absolute Gasteiger partial charge is 0.472 e. The summed E-state index contributed by atoms with van der Waals surface area (Å²) in [5, 5.41) is 10.7. The Bertz CT molecular complexity index is 2050. The van der Waals surface area contributed by atoms with E-state index in [1.165, 1.54) is 250 Å². The SMILES string of the molecule is CCC(C)CCCCCCCCCCCCCCCCC(=O)OC[C@H](COP(=O)(O)OC[C@@H](O)COP(=O)(O)OC[C@@H](COC(=O)CCCCCCCCCCCC(C)C)OC(=O)CCCCCCCCCCCCC(C)CC)OC(=O)CCCCCCCCCCCCCCCCCCCCC(C)C. The molecule has 4 unspecified atom stereocenters. The summed E-state index contributed by atoms with van der Waals surface area (Å²) in [6.07, 6.45) is 63.7. The Labute approximate surface area is 645 Å². The van der Waals surface area contributed by atoms with Gasteiger partial charge in [0.2, 0.25) is 0 Å². The first-order valence-corrected chi connectivity index (χ1v) is 47.3. The van der Waals surface area contributed by atoms with Crippen LogP contribution in [0.15, 0.2) is 0 Å². The first-order valence-electron chi connectivity index (χ1n) is 44.3. The zero-order chi connectivity index (χ0) is 77.4. The molecule has 0 aliphatic carbocycles. The van der Waals surface area contributed by atoms with Crippen molar-refractivity contribution in [2.24, 2.45) is 23.7 Å². The van der Waals surface area contributed by atoms with E-state index in [1.54, 1.807) is 0 Å². The van der Waals surface area contributed by atoms with Crippen molar-refractivity contribution in [3.05, 3.63) is 0 Å². The monoisotopic (exact) mass is 1540 g/mol. The van der Waals surface area contributed by atoms with Crippen LogP contribution in [0.4, 0.5) is 0 Å². The molecule has 0 aromatic rings. The van der Waals surface area contributed by atoms with Gasteiger partial charge in [-0.2, -0.15) is 0 Å². The molecule has 0 aromatic heterocycles. The van der Waals surface area contributed by atoms with Gasteiger partial charge >= 0.3 is 39.5 Å². The van der Waals surface area contributed by atoms with Gasteiger partial charge in [0.05, 0.1) is 26.4 Å². The Morgan fingerprint density at radius 1 is 0.267 bits per heavy atom. The van der Waals surface area contributed by atoms with Crippen molar-refractivity contribution in [2.75, 3.05) is 39.6 Å². The molecular weight excluding hydrogens is 1370 g/mol. The minimum atomic E-state index is -4.97. The molecule has 3 N–H and O–H groups in total. The maximum absolute atomic E-state index is 13.2. The normalized spacial score (nSPS) is 14.4. The van der Waals surface area contributed by atoms with Gasteiger partial charge in [-0.25, -0.2) is 9.13 Å². The highest BCUT2D eigenvalue weighted by Crippen LogP contribution is 2.45. The topological polar surface area (TPSA) is 237 Å². The van der Waals surface area contributed by atoms with E-state index in [4.69, 9.17) is 37.0 Å². The number of unbranched alkanes of at least 4 members (excludes halogenated alkanes) is 47. The van der Waals surface area contributed by atoms with E-state index in [0.29, 0.717) is 25.7 Å². The molecule has 0 fully saturated rings. The molecule has 0 saturated heterocycles. The first kappa shape index (κ1) is 103. The van der Waals surface area contributed by atoms with E-state index >= 15 is 0 Å². The van der Waals surface area contributed by atoms with Crippen LogP contribution in [0.25, 0.3) is 0 Å². The summed E-state index contributed by atoms with van der Waals surface area (Å²) < 4.78 is 68.9. The van der Waals surface area contributed by atoms with Gasteiger partial charge in [-0.05, 0) is 49.4 Å². The highest BCUT2D eigenvalue weighted by molar-refractivity contribution is 7.47. The fourth-order valence-electron chi connectivity index (χ4n) is 13.3. The van der Waals surface area contributed by atoms with Gasteiger partial charge in [0.15, 0.2) is 12.2 Å². The van der Waals surface area contributed by atoms with E-state index in [2.05, 4.69) is 55.4 Å². The lowest BCUT2D eigenvalue weighted by atomic mass is 9.99. The number of carbonyl (C=O) groups is 4. The highest BCUT2D eigenvalue weighted by Gasteiger charge is 2.31. The number of hydrogen-bond donors (Lipinski definition) is 3. The number of hydrogen-bond acceptors (Lipinski definition) is 15. The lowest BCUT2D eigenvalue weighted by Crippen LogP contribution is -2.30. The van der Waals surface area contributed by atoms with Crippen LogP contribution in [0.3, 0.4) is 0 Å². The molecule has 0 spiro atoms. The smallest absolute Gasteiger partial charge is 0.462 e. The highest BCUT2D eigenvalue weighted by atomic mass is 31.2. The molecule has 0 aromatic carbocycles. The minimum absolute atomic E-state index is 0.106. The number of phosphoric ester groups is 2. The zero-order valence-electron chi connectivity index (χ0n) is 69.4. The van der Waals surface area contributed by atoms with Crippen molar-refractivity contribution in [2.45, 2.75) is 465 Å². The summed E-state index contributed by atoms with van der Waals surface area (Å²) in [5.41, 5.74) is 0. The van der Waals surface area contributed by atoms with Crippen molar-refractivity contribution < 1.29 is 80.2 Å². The van der Waals surface area contributed by atoms with Crippen molar-refractivity contribution in [1.82, 2.24) is 0 Å². The van der Waals surface area contributed by atoms with E-state index in [1.807, 2.05) is 0 Å². The molecule has 0 heterocycles. The Morgan fingerprint density at radius 2 is 0.457 bits per heavy atom. The quantitative estimate of drug-likeness (QED) is 0.0222. The van der Waals surface area contributed by atoms with E-state index < -0.39 is 97.5 Å². The maximum Gasteiger partial charge on any atom is 0.472 e. The third-order valence-corrected chi connectivity index (χ3v) is 22.7. The van der Waals surface area contributed by atoms with E-state index in [9.17, 15) is 43.2 Å². The summed E-state index contributed by atoms with van der Waals surface area (Å²) in [6, 6.07) is 0. The van der Waals surface area contributed by atoms with Crippen molar-refractivity contribution in [3.8, 4) is 0 Å². The molecule has 0 bridgehead atoms. The van der Waals surface area contributed by atoms with Crippen LogP contribution >= 0.6 is 15.6 Å². The average Bonchev–Trinajstić information content (AvgIpc) is 0.958. The number of aliphatic hydroxyl groups excluding tert-OH is 1. The van der Waals surface area contributed by atoms with E-state index in [-0.39, 0.29) is 25.7 Å². The predicted octanol–water partition coefficient (Wildman–Crippen LogP) is 25.9. The summed E-state index contributed by atoms with van der Waals surface area (Å²) in [6.45, 7) is 14.4. The summed E-state index contributed by atoms with van der Waals surface area (Å²) in [7, 11) is -9.93. The van der Waals surface area contributed by atoms with Gasteiger partial charge in [0.1, 0.15) is 19.3 Å². The average molecular weight is 1540 g/mol. The van der Waals surface area contributed by atoms with Gasteiger partial charge in [0, 0.05) is 25.7 Å². The molecule has 0 radical (unpaired) electrons. The minimum Gasteiger partial charge on any atom is -0.462 e. The van der Waals surface area contributed by atoms with Gasteiger partial charge in [0.25, 0.3) is 0 Å². The van der Waals surface area contributed by atoms with Gasteiger partial charge in [-0.3, -0.25) is 37.3 Å². The molecule has 7 atom stereocenters. The fraction of sp³-hybridized carbons (Fsp3) is 0.953. The number of carbonyl (C=O) groups excluding carboxylic acids is 4. The Morgan fingerprint density at radius 3 is 0.676 bits per heavy atom. The molecule has 105 heavy (non-hydrogen) atoms. The number of phosphoric acid groups is 2. The third kappa shape index (κ3) is 77.2. The van der Waals surface area contributed by atoms with Crippen molar-refractivity contribution in [1.29, 1.82) is 0 Å². The number of aliphatic hydroxyl groups is 1. The molecule has 19 heteroatoms. The Kier molecular flexibility index (Phi) is 73.4. The molecule has 0 aliphatic heterocycles. The second-order valence-electron chi connectivity index (χ2n) is 32.4. The summed E-state index contributed by atoms with van der Waals surface area (Å²) in [5.74, 6) is 1.11. The number of ether oxygens (including phenoxy) is 4. The Balaban J connectivity index is 5.26. The lowest BCUT2D eigenvalue weighted by molar-refractivity contribution is -0.161. The fourth-order valence-corrected chi connectivity index (χ4v) is 14.8. The summed E-state index contributed by atoms with van der Waals surface area (Å²) in [4.78, 5) is 73.2.